The Hall–Kier alpha value is -1.10. The number of hydrogen-bond acceptors (Lipinski definition) is 3. The molecule has 110 valence electrons. The molecule has 0 radical (unpaired) electrons. The predicted octanol–water partition coefficient (Wildman–Crippen LogP) is 1.81. The fraction of sp³-hybridized carbons (Fsp3) is 0.857. The molecule has 2 N–H and O–H groups in total. The average molecular weight is 271 g/mol. The van der Waals surface area contributed by atoms with Crippen LogP contribution < -0.4 is 5.32 Å². The van der Waals surface area contributed by atoms with Crippen molar-refractivity contribution in [1.82, 2.24) is 5.32 Å². The highest BCUT2D eigenvalue weighted by Gasteiger charge is 2.32. The van der Waals surface area contributed by atoms with E-state index < -0.39 is 5.97 Å². The van der Waals surface area contributed by atoms with Gasteiger partial charge in [-0.1, -0.05) is 20.8 Å². The summed E-state index contributed by atoms with van der Waals surface area (Å²) < 4.78 is 5.37. The molecule has 0 aliphatic carbocycles. The van der Waals surface area contributed by atoms with Crippen LogP contribution in [0.2, 0.25) is 0 Å². The van der Waals surface area contributed by atoms with Gasteiger partial charge in [-0.05, 0) is 25.2 Å². The van der Waals surface area contributed by atoms with Crippen LogP contribution in [0, 0.1) is 11.3 Å². The van der Waals surface area contributed by atoms with Gasteiger partial charge >= 0.3 is 5.97 Å². The summed E-state index contributed by atoms with van der Waals surface area (Å²) in [7, 11) is 0. The van der Waals surface area contributed by atoms with Gasteiger partial charge in [0.1, 0.15) is 0 Å². The third kappa shape index (κ3) is 5.59. The van der Waals surface area contributed by atoms with Gasteiger partial charge in [-0.15, -0.1) is 0 Å². The molecule has 3 atom stereocenters. The second kappa shape index (κ2) is 6.37. The van der Waals surface area contributed by atoms with Crippen molar-refractivity contribution in [2.24, 2.45) is 11.3 Å². The van der Waals surface area contributed by atoms with Crippen molar-refractivity contribution < 1.29 is 19.4 Å². The van der Waals surface area contributed by atoms with E-state index in [0.717, 1.165) is 0 Å². The van der Waals surface area contributed by atoms with Gasteiger partial charge in [0.15, 0.2) is 0 Å². The van der Waals surface area contributed by atoms with Gasteiger partial charge in [-0.2, -0.15) is 0 Å². The molecule has 1 saturated heterocycles. The number of carbonyl (C=O) groups excluding carboxylic acids is 1. The number of aliphatic carboxylic acids is 1. The molecule has 5 nitrogen and oxygen atoms in total. The van der Waals surface area contributed by atoms with Crippen LogP contribution in [-0.4, -0.2) is 35.7 Å². The molecule has 1 rings (SSSR count). The Morgan fingerprint density at radius 1 is 1.42 bits per heavy atom. The minimum Gasteiger partial charge on any atom is -0.481 e. The molecule has 1 aliphatic rings. The van der Waals surface area contributed by atoms with E-state index in [0.29, 0.717) is 19.4 Å². The Balaban J connectivity index is 2.60. The van der Waals surface area contributed by atoms with E-state index >= 15 is 0 Å². The van der Waals surface area contributed by atoms with Crippen molar-refractivity contribution in [2.75, 3.05) is 6.61 Å². The Bertz CT molecular complexity index is 335. The fourth-order valence-electron chi connectivity index (χ4n) is 2.51. The van der Waals surface area contributed by atoms with Crippen molar-refractivity contribution in [3.05, 3.63) is 0 Å². The molecule has 5 heteroatoms. The first-order valence-electron chi connectivity index (χ1n) is 6.83. The van der Waals surface area contributed by atoms with E-state index in [9.17, 15) is 9.59 Å². The highest BCUT2D eigenvalue weighted by Crippen LogP contribution is 2.24. The summed E-state index contributed by atoms with van der Waals surface area (Å²) in [5, 5.41) is 11.8. The minimum absolute atomic E-state index is 0.0226. The largest absolute Gasteiger partial charge is 0.481 e. The Morgan fingerprint density at radius 3 is 2.47 bits per heavy atom. The van der Waals surface area contributed by atoms with E-state index in [4.69, 9.17) is 9.84 Å². The summed E-state index contributed by atoms with van der Waals surface area (Å²) in [6.07, 6.45) is 1.24. The van der Waals surface area contributed by atoms with Crippen molar-refractivity contribution in [3.8, 4) is 0 Å². The van der Waals surface area contributed by atoms with Crippen LogP contribution in [0.15, 0.2) is 0 Å². The lowest BCUT2D eigenvalue weighted by molar-refractivity contribution is -0.138. The molecule has 0 saturated carbocycles. The first-order chi connectivity index (χ1) is 8.69. The number of hydrogen-bond donors (Lipinski definition) is 2. The molecule has 1 fully saturated rings. The van der Waals surface area contributed by atoms with Gasteiger partial charge in [-0.25, -0.2) is 0 Å². The number of ether oxygens (including phenoxy) is 1. The van der Waals surface area contributed by atoms with Crippen LogP contribution in [-0.2, 0) is 14.3 Å². The third-order valence-corrected chi connectivity index (χ3v) is 3.34. The van der Waals surface area contributed by atoms with Crippen LogP contribution >= 0.6 is 0 Å². The van der Waals surface area contributed by atoms with Crippen molar-refractivity contribution in [3.63, 3.8) is 0 Å². The normalized spacial score (nSPS) is 25.1. The second-order valence-electron chi connectivity index (χ2n) is 6.54. The Labute approximate surface area is 114 Å². The minimum atomic E-state index is -0.884. The van der Waals surface area contributed by atoms with E-state index in [2.05, 4.69) is 5.32 Å². The molecule has 1 amide bonds. The first kappa shape index (κ1) is 16.0. The zero-order valence-electron chi connectivity index (χ0n) is 12.2. The first-order valence-corrected chi connectivity index (χ1v) is 6.83. The summed E-state index contributed by atoms with van der Waals surface area (Å²) in [6, 6.07) is -0.321. The standard InChI is InChI=1S/C14H25NO4/c1-9-11(5-6-19-9)13(18)15-10(7-12(16)17)8-14(2,3)4/h9-11H,5-8H2,1-4H3,(H,15,18)(H,16,17). The van der Waals surface area contributed by atoms with Gasteiger partial charge in [0.2, 0.25) is 5.91 Å². The fourth-order valence-corrected chi connectivity index (χ4v) is 2.51. The SMILES string of the molecule is CC1OCCC1C(=O)NC(CC(=O)O)CC(C)(C)C. The summed E-state index contributed by atoms with van der Waals surface area (Å²) in [4.78, 5) is 23.0. The number of carboxylic acid groups (broad SMARTS) is 1. The maximum Gasteiger partial charge on any atom is 0.305 e. The molecule has 0 aromatic rings. The summed E-state index contributed by atoms with van der Waals surface area (Å²) >= 11 is 0. The summed E-state index contributed by atoms with van der Waals surface area (Å²) in [5.41, 5.74) is -0.0226. The number of carbonyl (C=O) groups is 2. The summed E-state index contributed by atoms with van der Waals surface area (Å²) in [6.45, 7) is 8.59. The quantitative estimate of drug-likeness (QED) is 0.799. The van der Waals surface area contributed by atoms with E-state index in [-0.39, 0.29) is 35.8 Å². The third-order valence-electron chi connectivity index (χ3n) is 3.34. The molecular weight excluding hydrogens is 246 g/mol. The van der Waals surface area contributed by atoms with Crippen molar-refractivity contribution in [1.29, 1.82) is 0 Å². The lowest BCUT2D eigenvalue weighted by atomic mass is 9.86. The maximum atomic E-state index is 12.1. The van der Waals surface area contributed by atoms with Gasteiger partial charge in [0.25, 0.3) is 0 Å². The summed E-state index contributed by atoms with van der Waals surface area (Å²) in [5.74, 6) is -1.12. The highest BCUT2D eigenvalue weighted by molar-refractivity contribution is 5.80. The van der Waals surface area contributed by atoms with Crippen LogP contribution in [0.3, 0.4) is 0 Å². The van der Waals surface area contributed by atoms with Crippen molar-refractivity contribution in [2.45, 2.75) is 59.1 Å². The lowest BCUT2D eigenvalue weighted by Crippen LogP contribution is -2.43. The van der Waals surface area contributed by atoms with Crippen LogP contribution in [0.1, 0.15) is 47.0 Å². The molecule has 0 spiro atoms. The maximum absolute atomic E-state index is 12.1. The second-order valence-corrected chi connectivity index (χ2v) is 6.54. The van der Waals surface area contributed by atoms with E-state index in [1.807, 2.05) is 27.7 Å². The van der Waals surface area contributed by atoms with Gasteiger partial charge in [0, 0.05) is 12.6 Å². The van der Waals surface area contributed by atoms with Crippen LogP contribution in [0.25, 0.3) is 0 Å². The molecule has 0 bridgehead atoms. The number of nitrogens with one attached hydrogen (secondary N) is 1. The molecule has 0 aromatic heterocycles. The highest BCUT2D eigenvalue weighted by atomic mass is 16.5. The van der Waals surface area contributed by atoms with E-state index in [1.165, 1.54) is 0 Å². The smallest absolute Gasteiger partial charge is 0.305 e. The molecular formula is C14H25NO4. The van der Waals surface area contributed by atoms with Gasteiger partial charge in [0.05, 0.1) is 18.4 Å². The number of amides is 1. The van der Waals surface area contributed by atoms with Gasteiger partial charge in [-0.3, -0.25) is 9.59 Å². The molecule has 19 heavy (non-hydrogen) atoms. The van der Waals surface area contributed by atoms with Crippen LogP contribution in [0.4, 0.5) is 0 Å². The lowest BCUT2D eigenvalue weighted by Gasteiger charge is -2.27. The van der Waals surface area contributed by atoms with E-state index in [1.54, 1.807) is 0 Å². The van der Waals surface area contributed by atoms with Crippen LogP contribution in [0.5, 0.6) is 0 Å². The van der Waals surface area contributed by atoms with Gasteiger partial charge < -0.3 is 15.2 Å². The number of carboxylic acids is 1. The average Bonchev–Trinajstić information content (AvgIpc) is 2.60. The number of rotatable bonds is 5. The molecule has 0 aromatic carbocycles. The predicted molar refractivity (Wildman–Crippen MR) is 71.8 cm³/mol. The zero-order valence-corrected chi connectivity index (χ0v) is 12.2. The molecule has 3 unspecified atom stereocenters. The van der Waals surface area contributed by atoms with Crippen molar-refractivity contribution >= 4 is 11.9 Å². The Kier molecular flexibility index (Phi) is 5.35. The zero-order chi connectivity index (χ0) is 14.6. The molecule has 1 aliphatic heterocycles. The topological polar surface area (TPSA) is 75.6 Å². The molecule has 1 heterocycles. The monoisotopic (exact) mass is 271 g/mol. The Morgan fingerprint density at radius 2 is 2.05 bits per heavy atom.